The maximum atomic E-state index is 11.6. The maximum absolute atomic E-state index is 11.6. The number of carbonyl (C=O) groups is 2. The average molecular weight is 229 g/mol. The van der Waals surface area contributed by atoms with Crippen molar-refractivity contribution in [3.63, 3.8) is 0 Å². The van der Waals surface area contributed by atoms with Gasteiger partial charge in [-0.15, -0.1) is 0 Å². The van der Waals surface area contributed by atoms with E-state index in [1.807, 2.05) is 0 Å². The van der Waals surface area contributed by atoms with Crippen molar-refractivity contribution in [2.24, 2.45) is 4.99 Å². The van der Waals surface area contributed by atoms with Crippen molar-refractivity contribution in [1.82, 2.24) is 0 Å². The lowest BCUT2D eigenvalue weighted by Gasteiger charge is -1.98. The summed E-state index contributed by atoms with van der Waals surface area (Å²) in [7, 11) is 0. The first-order valence-corrected chi connectivity index (χ1v) is 5.00. The fourth-order valence-corrected chi connectivity index (χ4v) is 1.79. The molecule has 0 N–H and O–H groups in total. The molecule has 0 radical (unpaired) electrons. The van der Waals surface area contributed by atoms with Crippen LogP contribution in [0.25, 0.3) is 5.76 Å². The van der Waals surface area contributed by atoms with Crippen LogP contribution in [0.4, 0.5) is 0 Å². The Morgan fingerprint density at radius 2 is 1.71 bits per heavy atom. The molecule has 0 bridgehead atoms. The third-order valence-electron chi connectivity index (χ3n) is 2.50. The summed E-state index contributed by atoms with van der Waals surface area (Å²) in [6, 6.07) is 6.84. The number of hydrogen-bond acceptors (Lipinski definition) is 5. The monoisotopic (exact) mass is 229 g/mol. The SMILES string of the molecule is CC1=N/C(=C2\OC(=O)c3ccccc32)C(=O)O1. The number of carbonyl (C=O) groups excluding carboxylic acids is 2. The molecule has 1 aromatic rings. The van der Waals surface area contributed by atoms with Gasteiger partial charge < -0.3 is 9.47 Å². The topological polar surface area (TPSA) is 65.0 Å². The highest BCUT2D eigenvalue weighted by atomic mass is 16.6. The molecule has 2 aliphatic rings. The van der Waals surface area contributed by atoms with Gasteiger partial charge in [0, 0.05) is 12.5 Å². The number of fused-ring (bicyclic) bond motifs is 1. The van der Waals surface area contributed by atoms with Crippen LogP contribution in [0.1, 0.15) is 22.8 Å². The van der Waals surface area contributed by atoms with Gasteiger partial charge in [-0.25, -0.2) is 14.6 Å². The molecular weight excluding hydrogens is 222 g/mol. The van der Waals surface area contributed by atoms with Crippen LogP contribution in [0.3, 0.4) is 0 Å². The molecule has 5 heteroatoms. The molecule has 84 valence electrons. The standard InChI is InChI=1S/C12H7NO4/c1-6-13-9(12(15)16-6)10-7-4-2-3-5-8(7)11(14)17-10/h2-5H,1H3/b10-9-. The minimum absolute atomic E-state index is 0.0424. The predicted molar refractivity (Wildman–Crippen MR) is 58.0 cm³/mol. The molecule has 0 aliphatic carbocycles. The Morgan fingerprint density at radius 3 is 2.35 bits per heavy atom. The molecule has 0 unspecified atom stereocenters. The maximum Gasteiger partial charge on any atom is 0.367 e. The van der Waals surface area contributed by atoms with Gasteiger partial charge in [-0.2, -0.15) is 0 Å². The van der Waals surface area contributed by atoms with Crippen LogP contribution in [-0.2, 0) is 14.3 Å². The van der Waals surface area contributed by atoms with Crippen LogP contribution in [0.2, 0.25) is 0 Å². The largest absolute Gasteiger partial charge is 0.420 e. The Morgan fingerprint density at radius 1 is 1.00 bits per heavy atom. The molecule has 0 amide bonds. The van der Waals surface area contributed by atoms with E-state index in [9.17, 15) is 9.59 Å². The zero-order valence-corrected chi connectivity index (χ0v) is 8.89. The first kappa shape index (κ1) is 9.77. The third-order valence-corrected chi connectivity index (χ3v) is 2.50. The molecule has 0 spiro atoms. The van der Waals surface area contributed by atoms with Gasteiger partial charge in [0.05, 0.1) is 5.56 Å². The van der Waals surface area contributed by atoms with Crippen molar-refractivity contribution in [1.29, 1.82) is 0 Å². The second-order valence-corrected chi connectivity index (χ2v) is 3.63. The van der Waals surface area contributed by atoms with Crippen LogP contribution >= 0.6 is 0 Å². The Labute approximate surface area is 96.4 Å². The van der Waals surface area contributed by atoms with Crippen LogP contribution in [0.5, 0.6) is 0 Å². The smallest absolute Gasteiger partial charge is 0.367 e. The van der Waals surface area contributed by atoms with Crippen molar-refractivity contribution >= 4 is 23.6 Å². The average Bonchev–Trinajstić information content (AvgIpc) is 2.80. The van der Waals surface area contributed by atoms with E-state index in [-0.39, 0.29) is 17.4 Å². The molecule has 0 fully saturated rings. The molecule has 17 heavy (non-hydrogen) atoms. The molecule has 0 atom stereocenters. The first-order chi connectivity index (χ1) is 8.16. The molecule has 0 aromatic heterocycles. The zero-order chi connectivity index (χ0) is 12.0. The van der Waals surface area contributed by atoms with Crippen molar-refractivity contribution < 1.29 is 19.1 Å². The van der Waals surface area contributed by atoms with Gasteiger partial charge in [-0.3, -0.25) is 0 Å². The number of hydrogen-bond donors (Lipinski definition) is 0. The van der Waals surface area contributed by atoms with E-state index in [0.717, 1.165) is 0 Å². The van der Waals surface area contributed by atoms with Gasteiger partial charge in [0.1, 0.15) is 0 Å². The van der Waals surface area contributed by atoms with Gasteiger partial charge in [-0.05, 0) is 6.07 Å². The highest BCUT2D eigenvalue weighted by molar-refractivity contribution is 6.12. The molecule has 0 saturated carbocycles. The van der Waals surface area contributed by atoms with Gasteiger partial charge in [0.25, 0.3) is 0 Å². The van der Waals surface area contributed by atoms with Crippen LogP contribution in [0.15, 0.2) is 35.0 Å². The zero-order valence-electron chi connectivity index (χ0n) is 8.89. The fourth-order valence-electron chi connectivity index (χ4n) is 1.79. The Kier molecular flexibility index (Phi) is 1.89. The second kappa shape index (κ2) is 3.28. The second-order valence-electron chi connectivity index (χ2n) is 3.63. The van der Waals surface area contributed by atoms with Crippen LogP contribution in [0, 0.1) is 0 Å². The summed E-state index contributed by atoms with van der Waals surface area (Å²) >= 11 is 0. The summed E-state index contributed by atoms with van der Waals surface area (Å²) < 4.78 is 9.87. The summed E-state index contributed by atoms with van der Waals surface area (Å²) in [5.74, 6) is -0.650. The quantitative estimate of drug-likeness (QED) is 0.499. The van der Waals surface area contributed by atoms with Gasteiger partial charge in [0.15, 0.2) is 17.4 Å². The minimum Gasteiger partial charge on any atom is -0.420 e. The van der Waals surface area contributed by atoms with Crippen molar-refractivity contribution in [3.05, 3.63) is 41.1 Å². The number of aliphatic imine (C=N–C) groups is 1. The number of benzene rings is 1. The van der Waals surface area contributed by atoms with Crippen molar-refractivity contribution in [3.8, 4) is 0 Å². The first-order valence-electron chi connectivity index (χ1n) is 5.00. The van der Waals surface area contributed by atoms with Crippen molar-refractivity contribution in [2.75, 3.05) is 0 Å². The lowest BCUT2D eigenvalue weighted by Crippen LogP contribution is -2.02. The molecule has 3 rings (SSSR count). The lowest BCUT2D eigenvalue weighted by atomic mass is 10.1. The van der Waals surface area contributed by atoms with Crippen molar-refractivity contribution in [2.45, 2.75) is 6.92 Å². The Bertz CT molecular complexity index is 613. The van der Waals surface area contributed by atoms with E-state index in [1.54, 1.807) is 31.2 Å². The minimum atomic E-state index is -0.595. The summed E-state index contributed by atoms with van der Waals surface area (Å²) in [5.41, 5.74) is 1.05. The molecule has 0 saturated heterocycles. The van der Waals surface area contributed by atoms with E-state index >= 15 is 0 Å². The van der Waals surface area contributed by atoms with E-state index in [1.165, 1.54) is 0 Å². The summed E-state index contributed by atoms with van der Waals surface area (Å²) in [5, 5.41) is 0. The summed E-state index contributed by atoms with van der Waals surface area (Å²) in [6.45, 7) is 1.56. The van der Waals surface area contributed by atoms with E-state index in [2.05, 4.69) is 4.99 Å². The molecule has 5 nitrogen and oxygen atoms in total. The number of ether oxygens (including phenoxy) is 2. The Balaban J connectivity index is 2.23. The third kappa shape index (κ3) is 1.36. The van der Waals surface area contributed by atoms with Gasteiger partial charge >= 0.3 is 11.9 Å². The van der Waals surface area contributed by atoms with E-state index in [4.69, 9.17) is 9.47 Å². The number of cyclic esters (lactones) is 2. The highest BCUT2D eigenvalue weighted by Crippen LogP contribution is 2.33. The number of esters is 2. The normalized spacial score (nSPS) is 22.1. The van der Waals surface area contributed by atoms with Crippen LogP contribution < -0.4 is 0 Å². The predicted octanol–water partition coefficient (Wildman–Crippen LogP) is 1.50. The van der Waals surface area contributed by atoms with E-state index < -0.39 is 11.9 Å². The Hall–Kier alpha value is -2.43. The number of nitrogens with zero attached hydrogens (tertiary/aromatic N) is 1. The fraction of sp³-hybridized carbons (Fsp3) is 0.0833. The van der Waals surface area contributed by atoms with E-state index in [0.29, 0.717) is 11.1 Å². The number of rotatable bonds is 0. The molecule has 2 heterocycles. The summed E-state index contributed by atoms with van der Waals surface area (Å²) in [4.78, 5) is 27.0. The molecular formula is C12H7NO4. The van der Waals surface area contributed by atoms with Gasteiger partial charge in [-0.1, -0.05) is 18.2 Å². The summed E-state index contributed by atoms with van der Waals surface area (Å²) in [6.07, 6.45) is 0. The van der Waals surface area contributed by atoms with Gasteiger partial charge in [0.2, 0.25) is 0 Å². The molecule has 2 aliphatic heterocycles. The molecule has 1 aromatic carbocycles. The highest BCUT2D eigenvalue weighted by Gasteiger charge is 2.34. The lowest BCUT2D eigenvalue weighted by molar-refractivity contribution is -0.130. The van der Waals surface area contributed by atoms with Crippen LogP contribution in [-0.4, -0.2) is 17.8 Å².